The summed E-state index contributed by atoms with van der Waals surface area (Å²) in [6, 6.07) is 2.48. The van der Waals surface area contributed by atoms with Crippen LogP contribution in [0.15, 0.2) is 23.0 Å². The van der Waals surface area contributed by atoms with Crippen LogP contribution >= 0.6 is 0 Å². The van der Waals surface area contributed by atoms with Crippen molar-refractivity contribution in [2.75, 3.05) is 31.8 Å². The summed E-state index contributed by atoms with van der Waals surface area (Å²) in [5, 5.41) is 1.06. The number of aromatic nitrogens is 3. The van der Waals surface area contributed by atoms with E-state index in [1.54, 1.807) is 20.4 Å². The van der Waals surface area contributed by atoms with Crippen LogP contribution < -0.4 is 9.62 Å². The molecule has 1 saturated carbocycles. The van der Waals surface area contributed by atoms with Gasteiger partial charge in [-0.3, -0.25) is 0 Å². The van der Waals surface area contributed by atoms with Crippen molar-refractivity contribution >= 4 is 26.8 Å². The smallest absolute Gasteiger partial charge is 0.142 e. The van der Waals surface area contributed by atoms with Crippen molar-refractivity contribution in [2.45, 2.75) is 31.7 Å². The Morgan fingerprint density at radius 3 is 2.79 bits per heavy atom. The molecule has 1 unspecified atom stereocenters. The maximum Gasteiger partial charge on any atom is 0.142 e. The lowest BCUT2D eigenvalue weighted by Crippen LogP contribution is -2.37. The van der Waals surface area contributed by atoms with Crippen molar-refractivity contribution in [2.24, 2.45) is 10.3 Å². The van der Waals surface area contributed by atoms with Crippen molar-refractivity contribution in [3.8, 4) is 0 Å². The van der Waals surface area contributed by atoms with Gasteiger partial charge in [0.05, 0.1) is 5.39 Å². The Labute approximate surface area is 143 Å². The van der Waals surface area contributed by atoms with Crippen LogP contribution in [0.5, 0.6) is 0 Å². The van der Waals surface area contributed by atoms with Gasteiger partial charge in [0.25, 0.3) is 0 Å². The first-order valence-corrected chi connectivity index (χ1v) is 10.1. The zero-order valence-electron chi connectivity index (χ0n) is 14.5. The molecule has 0 aliphatic heterocycles. The van der Waals surface area contributed by atoms with E-state index in [1.165, 1.54) is 0 Å². The van der Waals surface area contributed by atoms with E-state index in [2.05, 4.69) is 36.0 Å². The molecular formula is C16H26N6OS. The van der Waals surface area contributed by atoms with E-state index in [1.807, 2.05) is 12.3 Å². The van der Waals surface area contributed by atoms with Gasteiger partial charge >= 0.3 is 0 Å². The third-order valence-corrected chi connectivity index (χ3v) is 7.26. The average Bonchev–Trinajstić information content (AvgIpc) is 3.10. The monoisotopic (exact) mass is 350 g/mol. The minimum atomic E-state index is -2.24. The second-order valence-electron chi connectivity index (χ2n) is 6.42. The number of nitrogens with one attached hydrogen (secondary N) is 2. The first-order valence-electron chi connectivity index (χ1n) is 8.38. The van der Waals surface area contributed by atoms with Gasteiger partial charge in [0, 0.05) is 32.1 Å². The molecule has 1 fully saturated rings. The van der Waals surface area contributed by atoms with Crippen LogP contribution in [-0.2, 0) is 9.92 Å². The Bertz CT molecular complexity index is 802. The summed E-state index contributed by atoms with van der Waals surface area (Å²) in [5.74, 6) is 2.09. The minimum absolute atomic E-state index is 0.457. The summed E-state index contributed by atoms with van der Waals surface area (Å²) < 4.78 is 19.4. The molecule has 0 radical (unpaired) electrons. The highest BCUT2D eigenvalue weighted by atomic mass is 32.2. The highest BCUT2D eigenvalue weighted by molar-refractivity contribution is 7.91. The molecule has 7 nitrogen and oxygen atoms in total. The molecule has 1 aliphatic carbocycles. The zero-order chi connectivity index (χ0) is 17.2. The summed E-state index contributed by atoms with van der Waals surface area (Å²) in [4.78, 5) is 14.1. The topological polar surface area (TPSA) is 86.3 Å². The molecule has 0 spiro atoms. The Morgan fingerprint density at radius 1 is 1.38 bits per heavy atom. The first kappa shape index (κ1) is 17.2. The molecule has 0 amide bonds. The minimum Gasteiger partial charge on any atom is -0.356 e. The number of hydrogen-bond acceptors (Lipinski definition) is 5. The summed E-state index contributed by atoms with van der Waals surface area (Å²) >= 11 is 0. The van der Waals surface area contributed by atoms with Crippen LogP contribution in [0.4, 0.5) is 5.82 Å². The number of hydrogen-bond donors (Lipinski definition) is 2. The van der Waals surface area contributed by atoms with Gasteiger partial charge in [0.15, 0.2) is 0 Å². The molecule has 2 aromatic heterocycles. The van der Waals surface area contributed by atoms with Crippen molar-refractivity contribution in [3.05, 3.63) is 18.6 Å². The van der Waals surface area contributed by atoms with Gasteiger partial charge in [-0.2, -0.15) is 0 Å². The third-order valence-electron chi connectivity index (χ3n) is 5.11. The molecule has 0 aromatic carbocycles. The van der Waals surface area contributed by atoms with Crippen LogP contribution in [0.1, 0.15) is 25.7 Å². The number of anilines is 1. The van der Waals surface area contributed by atoms with Crippen LogP contribution in [0.2, 0.25) is 0 Å². The van der Waals surface area contributed by atoms with Gasteiger partial charge in [0.2, 0.25) is 0 Å². The highest BCUT2D eigenvalue weighted by Crippen LogP contribution is 2.32. The predicted octanol–water partition coefficient (Wildman–Crippen LogP) is 2.19. The Morgan fingerprint density at radius 2 is 2.12 bits per heavy atom. The van der Waals surface area contributed by atoms with Crippen LogP contribution in [-0.4, -0.2) is 52.1 Å². The highest BCUT2D eigenvalue weighted by Gasteiger charge is 2.27. The van der Waals surface area contributed by atoms with E-state index < -0.39 is 9.92 Å². The fourth-order valence-electron chi connectivity index (χ4n) is 3.58. The van der Waals surface area contributed by atoms with Gasteiger partial charge in [-0.1, -0.05) is 0 Å². The number of rotatable bonds is 5. The molecule has 1 aliphatic rings. The van der Waals surface area contributed by atoms with E-state index in [0.717, 1.165) is 42.5 Å². The van der Waals surface area contributed by atoms with E-state index >= 15 is 0 Å². The standard InChI is InChI=1S/C16H26N6OS/c1-17-24(23,18-2)10-12-4-6-13(7-5-12)22(3)16-14-8-9-19-15(14)20-11-21-16/h8-9,11-13H,4-7,10H2,1-3H3,(H,17,18,23)(H,19,20,21). The van der Waals surface area contributed by atoms with Gasteiger partial charge in [-0.05, 0) is 44.7 Å². The number of nitrogens with zero attached hydrogens (tertiary/aromatic N) is 4. The van der Waals surface area contributed by atoms with E-state index in [4.69, 9.17) is 0 Å². The maximum atomic E-state index is 12.4. The normalized spacial score (nSPS) is 23.8. The summed E-state index contributed by atoms with van der Waals surface area (Å²) in [6.45, 7) is 0. The molecule has 8 heteroatoms. The van der Waals surface area contributed by atoms with Crippen molar-refractivity contribution < 1.29 is 4.21 Å². The van der Waals surface area contributed by atoms with E-state index in [9.17, 15) is 4.21 Å². The fourth-order valence-corrected chi connectivity index (χ4v) is 5.05. The lowest BCUT2D eigenvalue weighted by molar-refractivity contribution is 0.342. The molecule has 24 heavy (non-hydrogen) atoms. The third kappa shape index (κ3) is 3.39. The number of H-pyrrole nitrogens is 1. The molecule has 1 atom stereocenters. The zero-order valence-corrected chi connectivity index (χ0v) is 15.3. The SMILES string of the molecule is CN=S(=O)(CC1CCC(N(C)c2ncnc3[nH]ccc23)CC1)NC. The van der Waals surface area contributed by atoms with Gasteiger partial charge < -0.3 is 9.88 Å². The Balaban J connectivity index is 1.66. The lowest BCUT2D eigenvalue weighted by atomic mass is 9.86. The Hall–Kier alpha value is -1.67. The molecule has 132 valence electrons. The Kier molecular flexibility index (Phi) is 5.05. The number of aromatic amines is 1. The molecule has 3 rings (SSSR count). The summed E-state index contributed by atoms with van der Waals surface area (Å²) in [7, 11) is 3.23. The van der Waals surface area contributed by atoms with E-state index in [-0.39, 0.29) is 0 Å². The lowest BCUT2D eigenvalue weighted by Gasteiger charge is -2.35. The molecule has 2 N–H and O–H groups in total. The molecule has 0 bridgehead atoms. The van der Waals surface area contributed by atoms with Gasteiger partial charge in [-0.25, -0.2) is 23.3 Å². The second kappa shape index (κ2) is 7.06. The summed E-state index contributed by atoms with van der Waals surface area (Å²) in [6.07, 6.45) is 7.83. The van der Waals surface area contributed by atoms with Crippen LogP contribution in [0, 0.1) is 5.92 Å². The molecular weight excluding hydrogens is 324 g/mol. The fraction of sp³-hybridized carbons (Fsp3) is 0.625. The predicted molar refractivity (Wildman–Crippen MR) is 98.5 cm³/mol. The van der Waals surface area contributed by atoms with Crippen molar-refractivity contribution in [1.29, 1.82) is 0 Å². The van der Waals surface area contributed by atoms with Gasteiger partial charge in [-0.15, -0.1) is 0 Å². The van der Waals surface area contributed by atoms with Crippen LogP contribution in [0.25, 0.3) is 11.0 Å². The maximum absolute atomic E-state index is 12.4. The van der Waals surface area contributed by atoms with Crippen molar-refractivity contribution in [1.82, 2.24) is 19.7 Å². The second-order valence-corrected chi connectivity index (χ2v) is 8.80. The average molecular weight is 350 g/mol. The first-order chi connectivity index (χ1) is 11.6. The summed E-state index contributed by atoms with van der Waals surface area (Å²) in [5.41, 5.74) is 0.874. The van der Waals surface area contributed by atoms with E-state index in [0.29, 0.717) is 17.7 Å². The molecule has 0 saturated heterocycles. The van der Waals surface area contributed by atoms with Crippen molar-refractivity contribution in [3.63, 3.8) is 0 Å². The molecule has 2 aromatic rings. The quantitative estimate of drug-likeness (QED) is 0.865. The largest absolute Gasteiger partial charge is 0.356 e. The van der Waals surface area contributed by atoms with Gasteiger partial charge in [0.1, 0.15) is 27.7 Å². The molecule has 2 heterocycles. The van der Waals surface area contributed by atoms with Crippen LogP contribution in [0.3, 0.4) is 0 Å². The number of fused-ring (bicyclic) bond motifs is 1.